The van der Waals surface area contributed by atoms with Crippen molar-refractivity contribution in [2.24, 2.45) is 0 Å². The van der Waals surface area contributed by atoms with Crippen LogP contribution >= 0.6 is 7.92 Å². The number of rotatable bonds is 6. The highest BCUT2D eigenvalue weighted by molar-refractivity contribution is 7.94. The minimum absolute atomic E-state index is 0.225. The summed E-state index contributed by atoms with van der Waals surface area (Å²) < 4.78 is 27.0. The maximum Gasteiger partial charge on any atom is 0.271 e. The SMILES string of the molecule is CCOS(=O)(=O)CP(CC)CC. The Labute approximate surface area is 76.4 Å². The maximum absolute atomic E-state index is 11.2. The van der Waals surface area contributed by atoms with Gasteiger partial charge < -0.3 is 0 Å². The largest absolute Gasteiger partial charge is 0.271 e. The van der Waals surface area contributed by atoms with E-state index >= 15 is 0 Å². The van der Waals surface area contributed by atoms with Crippen LogP contribution in [0.1, 0.15) is 20.8 Å². The molecule has 5 heteroatoms. The molecule has 12 heavy (non-hydrogen) atoms. The highest BCUT2D eigenvalue weighted by Crippen LogP contribution is 2.35. The van der Waals surface area contributed by atoms with Crippen LogP contribution in [0.25, 0.3) is 0 Å². The van der Waals surface area contributed by atoms with Crippen LogP contribution in [0, 0.1) is 0 Å². The van der Waals surface area contributed by atoms with E-state index in [1.807, 2.05) is 13.8 Å². The maximum atomic E-state index is 11.2. The molecule has 0 fully saturated rings. The van der Waals surface area contributed by atoms with Gasteiger partial charge in [-0.05, 0) is 19.2 Å². The summed E-state index contributed by atoms with van der Waals surface area (Å²) in [6.07, 6.45) is 1.91. The number of hydrogen-bond donors (Lipinski definition) is 0. The van der Waals surface area contributed by atoms with E-state index in [4.69, 9.17) is 0 Å². The van der Waals surface area contributed by atoms with E-state index in [0.717, 1.165) is 12.3 Å². The minimum Gasteiger partial charge on any atom is -0.270 e. The second kappa shape index (κ2) is 5.90. The van der Waals surface area contributed by atoms with Gasteiger partial charge in [0.05, 0.1) is 12.1 Å². The molecule has 0 aliphatic rings. The van der Waals surface area contributed by atoms with E-state index in [9.17, 15) is 8.42 Å². The summed E-state index contributed by atoms with van der Waals surface area (Å²) >= 11 is 0. The predicted octanol–water partition coefficient (Wildman–Crippen LogP) is 1.83. The summed E-state index contributed by atoms with van der Waals surface area (Å²) in [6, 6.07) is 0. The Morgan fingerprint density at radius 3 is 2.00 bits per heavy atom. The zero-order valence-electron chi connectivity index (χ0n) is 7.91. The molecule has 0 unspecified atom stereocenters. The lowest BCUT2D eigenvalue weighted by molar-refractivity contribution is 0.341. The predicted molar refractivity (Wildman–Crippen MR) is 53.4 cm³/mol. The Morgan fingerprint density at radius 2 is 1.67 bits per heavy atom. The van der Waals surface area contributed by atoms with E-state index in [2.05, 4.69) is 4.18 Å². The smallest absolute Gasteiger partial charge is 0.270 e. The highest BCUT2D eigenvalue weighted by atomic mass is 32.2. The molecule has 0 aromatic heterocycles. The second-order valence-electron chi connectivity index (χ2n) is 2.40. The quantitative estimate of drug-likeness (QED) is 0.498. The van der Waals surface area contributed by atoms with Crippen LogP contribution in [0.5, 0.6) is 0 Å². The summed E-state index contributed by atoms with van der Waals surface area (Å²) in [6.45, 7) is 5.99. The molecule has 0 heterocycles. The molecule has 0 amide bonds. The van der Waals surface area contributed by atoms with Crippen LogP contribution in [-0.4, -0.2) is 32.8 Å². The van der Waals surface area contributed by atoms with Crippen LogP contribution < -0.4 is 0 Å². The monoisotopic (exact) mass is 212 g/mol. The van der Waals surface area contributed by atoms with E-state index in [-0.39, 0.29) is 20.0 Å². The molecule has 0 rings (SSSR count). The molecule has 0 aliphatic carbocycles. The summed E-state index contributed by atoms with van der Waals surface area (Å²) in [4.78, 5) is 0. The minimum atomic E-state index is -3.23. The van der Waals surface area contributed by atoms with Crippen LogP contribution in [0.15, 0.2) is 0 Å². The Hall–Kier alpha value is 0.340. The first kappa shape index (κ1) is 12.3. The Kier molecular flexibility index (Phi) is 6.06. The van der Waals surface area contributed by atoms with Crippen molar-refractivity contribution in [3.63, 3.8) is 0 Å². The summed E-state index contributed by atoms with van der Waals surface area (Å²) in [5, 5.41) is 0. The van der Waals surface area contributed by atoms with Gasteiger partial charge in [-0.3, -0.25) is 4.18 Å². The van der Waals surface area contributed by atoms with Crippen molar-refractivity contribution in [1.29, 1.82) is 0 Å². The molecular weight excluding hydrogens is 195 g/mol. The summed E-state index contributed by atoms with van der Waals surface area (Å²) in [5.41, 5.74) is 0.225. The summed E-state index contributed by atoms with van der Waals surface area (Å²) in [7, 11) is -3.60. The fourth-order valence-corrected chi connectivity index (χ4v) is 5.20. The molecular formula is C7H17O3PS. The van der Waals surface area contributed by atoms with Gasteiger partial charge in [0.15, 0.2) is 0 Å². The fraction of sp³-hybridized carbons (Fsp3) is 1.00. The molecule has 0 saturated heterocycles. The van der Waals surface area contributed by atoms with Crippen molar-refractivity contribution >= 4 is 18.0 Å². The van der Waals surface area contributed by atoms with Gasteiger partial charge in [-0.2, -0.15) is 8.42 Å². The lowest BCUT2D eigenvalue weighted by Gasteiger charge is -2.12. The molecule has 0 bridgehead atoms. The highest BCUT2D eigenvalue weighted by Gasteiger charge is 2.15. The average molecular weight is 212 g/mol. The molecule has 74 valence electrons. The Bertz CT molecular complexity index is 197. The van der Waals surface area contributed by atoms with Crippen molar-refractivity contribution in [2.45, 2.75) is 20.8 Å². The van der Waals surface area contributed by atoms with Gasteiger partial charge in [-0.1, -0.05) is 21.8 Å². The van der Waals surface area contributed by atoms with Crippen LogP contribution in [-0.2, 0) is 14.3 Å². The standard InChI is InChI=1S/C7H17O3PS/c1-4-10-12(8,9)7-11(5-2)6-3/h4-7H2,1-3H3. The van der Waals surface area contributed by atoms with Crippen molar-refractivity contribution < 1.29 is 12.6 Å². The van der Waals surface area contributed by atoms with Crippen molar-refractivity contribution in [1.82, 2.24) is 0 Å². The zero-order chi connectivity index (χ0) is 9.61. The first-order valence-electron chi connectivity index (χ1n) is 4.15. The van der Waals surface area contributed by atoms with Gasteiger partial charge in [0.2, 0.25) is 0 Å². The molecule has 3 nitrogen and oxygen atoms in total. The lowest BCUT2D eigenvalue weighted by Crippen LogP contribution is -2.10. The van der Waals surface area contributed by atoms with Crippen LogP contribution in [0.2, 0.25) is 0 Å². The van der Waals surface area contributed by atoms with Crippen molar-refractivity contribution in [3.05, 3.63) is 0 Å². The van der Waals surface area contributed by atoms with Crippen molar-refractivity contribution in [2.75, 3.05) is 24.4 Å². The molecule has 0 radical (unpaired) electrons. The normalized spacial score (nSPS) is 12.3. The Morgan fingerprint density at radius 1 is 1.17 bits per heavy atom. The van der Waals surface area contributed by atoms with E-state index in [1.165, 1.54) is 0 Å². The zero-order valence-corrected chi connectivity index (χ0v) is 9.62. The van der Waals surface area contributed by atoms with E-state index in [0.29, 0.717) is 0 Å². The molecule has 0 spiro atoms. The third-order valence-corrected chi connectivity index (χ3v) is 6.64. The third-order valence-electron chi connectivity index (χ3n) is 1.53. The van der Waals surface area contributed by atoms with Gasteiger partial charge in [0.1, 0.15) is 0 Å². The van der Waals surface area contributed by atoms with E-state index < -0.39 is 10.1 Å². The first-order valence-corrected chi connectivity index (χ1v) is 7.62. The van der Waals surface area contributed by atoms with Crippen molar-refractivity contribution in [3.8, 4) is 0 Å². The molecule has 0 aromatic carbocycles. The molecule has 0 N–H and O–H groups in total. The first-order chi connectivity index (χ1) is 5.55. The van der Waals surface area contributed by atoms with Gasteiger partial charge in [-0.25, -0.2) is 0 Å². The second-order valence-corrected chi connectivity index (χ2v) is 7.39. The average Bonchev–Trinajstić information content (AvgIpc) is 2.00. The van der Waals surface area contributed by atoms with Gasteiger partial charge in [0.25, 0.3) is 10.1 Å². The number of hydrogen-bond acceptors (Lipinski definition) is 3. The third kappa shape index (κ3) is 5.07. The lowest BCUT2D eigenvalue weighted by atomic mass is 10.9. The molecule has 0 aliphatic heterocycles. The van der Waals surface area contributed by atoms with E-state index in [1.54, 1.807) is 6.92 Å². The van der Waals surface area contributed by atoms with Crippen LogP contribution in [0.4, 0.5) is 0 Å². The summed E-state index contributed by atoms with van der Waals surface area (Å²) in [5.74, 6) is 0. The topological polar surface area (TPSA) is 43.4 Å². The van der Waals surface area contributed by atoms with Gasteiger partial charge in [-0.15, -0.1) is 0 Å². The van der Waals surface area contributed by atoms with Crippen LogP contribution in [0.3, 0.4) is 0 Å². The molecule has 0 aromatic rings. The molecule has 0 atom stereocenters. The Balaban J connectivity index is 4.03. The van der Waals surface area contributed by atoms with Gasteiger partial charge >= 0.3 is 0 Å². The fourth-order valence-electron chi connectivity index (χ4n) is 0.847. The molecule has 0 saturated carbocycles. The van der Waals surface area contributed by atoms with Gasteiger partial charge in [0, 0.05) is 0 Å².